The number of aliphatic hydroxyl groups is 2. The molecule has 0 atom stereocenters. The van der Waals surface area contributed by atoms with Gasteiger partial charge in [0.25, 0.3) is 0 Å². The Balaban J connectivity index is 0.000000203. The van der Waals surface area contributed by atoms with E-state index >= 15 is 0 Å². The molecule has 0 saturated carbocycles. The van der Waals surface area contributed by atoms with Gasteiger partial charge in [0.2, 0.25) is 0 Å². The zero-order chi connectivity index (χ0) is 103. The summed E-state index contributed by atoms with van der Waals surface area (Å²) < 4.78 is 38.7. The van der Waals surface area contributed by atoms with Crippen LogP contribution in [0.15, 0.2) is 256 Å². The number of rotatable bonds is 37. The van der Waals surface area contributed by atoms with E-state index in [9.17, 15) is 87.5 Å². The maximum absolute atomic E-state index is 11.5. The second kappa shape index (κ2) is 56.3. The number of pyridine rings is 7. The molecule has 726 valence electrons. The van der Waals surface area contributed by atoms with E-state index < -0.39 is 0 Å². The highest BCUT2D eigenvalue weighted by Gasteiger charge is 2.19. The number of aromatic nitrogens is 7. The van der Waals surface area contributed by atoms with Crippen molar-refractivity contribution >= 4 is 84.5 Å². The van der Waals surface area contributed by atoms with E-state index in [1.165, 1.54) is 91.3 Å². The molecule has 0 aliphatic heterocycles. The Kier molecular flexibility index (Phi) is 43.2. The van der Waals surface area contributed by atoms with Crippen LogP contribution >= 0.6 is 0 Å². The third-order valence-electron chi connectivity index (χ3n) is 19.8. The number of hydrogen-bond acceptors (Lipinski definition) is 34. The largest absolute Gasteiger partial charge is 0.507 e. The number of phenolic OH excluding ortho intramolecular Hbond substituents is 4. The Morgan fingerprint density at radius 2 is 0.613 bits per heavy atom. The number of carbonyl (C=O) groups excluding carboxylic acids is 14. The predicted molar refractivity (Wildman–Crippen MR) is 516 cm³/mol. The Morgan fingerprint density at radius 1 is 0.282 bits per heavy atom. The molecule has 0 amide bonds. The van der Waals surface area contributed by atoms with Crippen LogP contribution < -0.4 is 33.2 Å². The molecule has 6 N–H and O–H groups in total. The van der Waals surface area contributed by atoms with Crippen LogP contribution in [0.5, 0.6) is 63.2 Å². The van der Waals surface area contributed by atoms with Crippen LogP contribution in [0, 0.1) is 6.92 Å². The van der Waals surface area contributed by atoms with Gasteiger partial charge >= 0.3 is 0 Å². The molecule has 34 nitrogen and oxygen atoms in total. The van der Waals surface area contributed by atoms with Crippen LogP contribution in [0.3, 0.4) is 0 Å². The molecule has 7 aromatic carbocycles. The lowest BCUT2D eigenvalue weighted by atomic mass is 10.1. The summed E-state index contributed by atoms with van der Waals surface area (Å²) in [6.07, 6.45) is 16.7. The molecule has 0 radical (unpaired) electrons. The molecule has 14 rings (SSSR count). The summed E-state index contributed by atoms with van der Waals surface area (Å²) >= 11 is 0. The summed E-state index contributed by atoms with van der Waals surface area (Å²) in [7, 11) is 0. The number of Topliss-reactive ketones (excluding diaryl/α,β-unsaturated/α-hetero) is 7. The molecule has 0 bridgehead atoms. The lowest BCUT2D eigenvalue weighted by Crippen LogP contribution is -2.07. The second-order valence-electron chi connectivity index (χ2n) is 30.4. The average Bonchev–Trinajstić information content (AvgIpc) is 0.842. The van der Waals surface area contributed by atoms with Gasteiger partial charge in [-0.2, -0.15) is 0 Å². The Bertz CT molecular complexity index is 6710. The van der Waals surface area contributed by atoms with Crippen LogP contribution in [0.1, 0.15) is 250 Å². The zero-order valence-corrected chi connectivity index (χ0v) is 78.0. The van der Waals surface area contributed by atoms with E-state index in [1.54, 1.807) is 207 Å². The molecule has 0 unspecified atom stereocenters. The van der Waals surface area contributed by atoms with Crippen LogP contribution in [0.4, 0.5) is 0 Å². The summed E-state index contributed by atoms with van der Waals surface area (Å²) in [5.41, 5.74) is 11.7. The van der Waals surface area contributed by atoms with Crippen LogP contribution in [-0.2, 0) is 59.5 Å². The molecule has 0 spiro atoms. The highest BCUT2D eigenvalue weighted by molar-refractivity contribution is 5.97. The molecular weight excluding hydrogens is 1830 g/mol. The van der Waals surface area contributed by atoms with Gasteiger partial charge in [0.1, 0.15) is 138 Å². The highest BCUT2D eigenvalue weighted by Crippen LogP contribution is 2.32. The maximum atomic E-state index is 11.5. The Hall–Kier alpha value is -18.3. The predicted octanol–water partition coefficient (Wildman–Crippen LogP) is 16.8. The van der Waals surface area contributed by atoms with Gasteiger partial charge in [0, 0.05) is 129 Å². The Morgan fingerprint density at radius 3 is 0.951 bits per heavy atom. The molecular formula is C108H97N7O27. The molecule has 14 aromatic rings. The van der Waals surface area contributed by atoms with Gasteiger partial charge in [-0.1, -0.05) is 78.4 Å². The number of ketones is 7. The third kappa shape index (κ3) is 33.6. The second-order valence-corrected chi connectivity index (χ2v) is 30.4. The van der Waals surface area contributed by atoms with Gasteiger partial charge in [-0.25, -0.2) is 4.98 Å². The lowest BCUT2D eigenvalue weighted by molar-refractivity contribution is 0.0997. The van der Waals surface area contributed by atoms with Crippen molar-refractivity contribution in [2.24, 2.45) is 0 Å². The number of benzene rings is 7. The first-order chi connectivity index (χ1) is 68.4. The van der Waals surface area contributed by atoms with E-state index in [1.807, 2.05) is 13.0 Å². The molecule has 0 saturated heterocycles. The maximum Gasteiger partial charge on any atom is 0.178 e. The van der Waals surface area contributed by atoms with Crippen LogP contribution in [0.25, 0.3) is 0 Å². The number of aliphatic hydroxyl groups excluding tert-OH is 2. The fraction of sp³-hybridized carbons (Fsp3) is 0.157. The minimum absolute atomic E-state index is 0.0386. The smallest absolute Gasteiger partial charge is 0.178 e. The zero-order valence-electron chi connectivity index (χ0n) is 78.0. The molecule has 0 fully saturated rings. The Labute approximate surface area is 814 Å². The molecule has 34 heteroatoms. The van der Waals surface area contributed by atoms with E-state index in [4.69, 9.17) is 43.4 Å². The normalized spacial score (nSPS) is 10.1. The molecule has 0 aliphatic rings. The van der Waals surface area contributed by atoms with Gasteiger partial charge in [-0.3, -0.25) is 97.0 Å². The van der Waals surface area contributed by atoms with Gasteiger partial charge in [0.05, 0.1) is 57.9 Å². The van der Waals surface area contributed by atoms with Crippen molar-refractivity contribution in [2.75, 3.05) is 0 Å². The van der Waals surface area contributed by atoms with Crippen LogP contribution in [-0.4, -0.2) is 150 Å². The highest BCUT2D eigenvalue weighted by atomic mass is 16.5. The van der Waals surface area contributed by atoms with Crippen molar-refractivity contribution in [1.29, 1.82) is 0 Å². The number of aromatic hydroxyl groups is 4. The van der Waals surface area contributed by atoms with Crippen molar-refractivity contribution in [3.63, 3.8) is 0 Å². The van der Waals surface area contributed by atoms with Gasteiger partial charge in [0.15, 0.2) is 84.5 Å². The first kappa shape index (κ1) is 109. The van der Waals surface area contributed by atoms with E-state index in [-0.39, 0.29) is 162 Å². The fourth-order valence-corrected chi connectivity index (χ4v) is 12.4. The first-order valence-corrected chi connectivity index (χ1v) is 43.0. The number of carbonyl (C=O) groups is 14. The topological polar surface area (TPSA) is 515 Å². The van der Waals surface area contributed by atoms with Crippen molar-refractivity contribution in [2.45, 2.75) is 115 Å². The van der Waals surface area contributed by atoms with Gasteiger partial charge < -0.3 is 63.8 Å². The van der Waals surface area contributed by atoms with E-state index in [0.717, 1.165) is 28.5 Å². The summed E-state index contributed by atoms with van der Waals surface area (Å²) in [5, 5.41) is 56.2. The number of phenols is 4. The number of aryl methyl sites for hydroxylation is 1. The van der Waals surface area contributed by atoms with Gasteiger partial charge in [-0.15, -0.1) is 0 Å². The number of ether oxygens (including phenoxy) is 7. The summed E-state index contributed by atoms with van der Waals surface area (Å²) in [4.78, 5) is 184. The van der Waals surface area contributed by atoms with Gasteiger partial charge in [-0.05, 0) is 165 Å². The summed E-state index contributed by atoms with van der Waals surface area (Å²) in [6, 6.07) is 55.6. The fourth-order valence-electron chi connectivity index (χ4n) is 12.4. The molecule has 7 heterocycles. The molecule has 142 heavy (non-hydrogen) atoms. The lowest BCUT2D eigenvalue weighted by Gasteiger charge is -2.11. The average molecular weight is 1920 g/mol. The quantitative estimate of drug-likeness (QED) is 0.0156. The van der Waals surface area contributed by atoms with Crippen molar-refractivity contribution < 1.29 is 131 Å². The molecule has 0 aliphatic carbocycles. The summed E-state index contributed by atoms with van der Waals surface area (Å²) in [5.74, 6) is 1.23. The molecule has 7 aromatic heterocycles. The minimum atomic E-state index is -0.157. The third-order valence-corrected chi connectivity index (χ3v) is 19.8. The SMILES string of the molecule is CC(=O)c1ccc(COc2ccc(CO)cc2C=O)cn1.CC(=O)c1ccc(COc2cccc(O)c2C=O)cn1.CC(=O)c1cccc(COc2cccc(O)c2C=O)n1.CC(=O)c1cncc(COc2ccc(C)cc2C=O)c1.CC(=O)c1cncc(COc2cccc(O)c2C=O)c1.CC(=O)c1ncccc1COc1ccc(CO)cc1C=O.CC(=O)c1ncccc1COc1cccc(O)c1C=O. The van der Waals surface area contributed by atoms with Crippen molar-refractivity contribution in [3.05, 3.63) is 390 Å². The van der Waals surface area contributed by atoms with Crippen molar-refractivity contribution in [1.82, 2.24) is 34.9 Å². The van der Waals surface area contributed by atoms with Crippen molar-refractivity contribution in [3.8, 4) is 63.2 Å². The van der Waals surface area contributed by atoms with Crippen LogP contribution in [0.2, 0.25) is 0 Å². The first-order valence-electron chi connectivity index (χ1n) is 43.0. The number of aldehydes is 7. The standard InChI is InChI=1S/2C16H15NO4.C16H15NO3.4C15H13NO4/c1-11(20)15-4-2-13(7-17-15)10-21-16-5-3-12(8-18)6-14(16)9-19;1-11(20)16-13(3-2-6-17-16)10-21-15-5-4-12(8-18)7-14(15)9-19;1-11-3-4-16(15(5-11)9-18)20-10-13-6-14(12(2)19)8-17-7-13;1-10(18)15-11(4-3-7-16-15)9-20-14-6-2-5-13(19)12(14)8-17;1-10(18)13-5-2-4-11(16-13)9-20-15-7-3-6-14(19)12(15)8-17;1-10(18)12-5-11(6-16-7-12)9-20-15-4-2-3-14(19)13(15)8-17;1-10(18)13-6-5-11(7-16-13)9-20-15-4-2-3-14(19)12(15)8-17/h2*2-7,9,18H,8,10H2,1H3;3-9H,10H2,1-2H3;4*2-8,19H,9H2,1H3. The minimum Gasteiger partial charge on any atom is -0.507 e. The van der Waals surface area contributed by atoms with E-state index in [0.29, 0.717) is 151 Å². The number of nitrogens with zero attached hydrogens (tertiary/aromatic N) is 7. The number of hydrogen-bond donors (Lipinski definition) is 6. The summed E-state index contributed by atoms with van der Waals surface area (Å²) in [6.45, 7) is 13.0. The van der Waals surface area contributed by atoms with E-state index in [2.05, 4.69) is 34.9 Å². The monoisotopic (exact) mass is 1920 g/mol.